The molecule has 1 aliphatic rings. The topological polar surface area (TPSA) is 67.8 Å². The highest BCUT2D eigenvalue weighted by Gasteiger charge is 2.30. The van der Waals surface area contributed by atoms with Crippen LogP contribution in [-0.2, 0) is 20.7 Å². The number of carbonyl (C=O) groups is 1. The van der Waals surface area contributed by atoms with Crippen LogP contribution in [-0.4, -0.2) is 42.7 Å². The smallest absolute Gasteiger partial charge is 0.249 e. The van der Waals surface area contributed by atoms with E-state index in [2.05, 4.69) is 5.32 Å². The normalized spacial score (nSPS) is 18.4. The summed E-state index contributed by atoms with van der Waals surface area (Å²) >= 11 is 0. The summed E-state index contributed by atoms with van der Waals surface area (Å²) in [6.07, 6.45) is -0.419. The van der Waals surface area contributed by atoms with E-state index >= 15 is 0 Å². The second kappa shape index (κ2) is 8.27. The average Bonchev–Trinajstić information content (AvgIpc) is 3.01. The molecule has 1 amide bonds. The van der Waals surface area contributed by atoms with Gasteiger partial charge in [0.15, 0.2) is 6.29 Å². The first-order valence-corrected chi connectivity index (χ1v) is 7.82. The van der Waals surface area contributed by atoms with Gasteiger partial charge in [0, 0.05) is 0 Å². The Morgan fingerprint density at radius 3 is 2.50 bits per heavy atom. The van der Waals surface area contributed by atoms with Crippen molar-refractivity contribution in [3.05, 3.63) is 35.9 Å². The summed E-state index contributed by atoms with van der Waals surface area (Å²) in [6, 6.07) is 9.55. The highest BCUT2D eigenvalue weighted by atomic mass is 16.7. The van der Waals surface area contributed by atoms with E-state index in [1.807, 2.05) is 44.2 Å². The Hall–Kier alpha value is -1.43. The third-order valence-electron chi connectivity index (χ3n) is 3.60. The lowest BCUT2D eigenvalue weighted by Crippen LogP contribution is -2.49. The fourth-order valence-corrected chi connectivity index (χ4v) is 2.52. The Labute approximate surface area is 131 Å². The highest BCUT2D eigenvalue weighted by molar-refractivity contribution is 5.80. The molecule has 5 nitrogen and oxygen atoms in total. The number of hydrogen-bond donors (Lipinski definition) is 2. The van der Waals surface area contributed by atoms with Crippen LogP contribution in [0.4, 0.5) is 0 Å². The maximum Gasteiger partial charge on any atom is 0.249 e. The van der Waals surface area contributed by atoms with Gasteiger partial charge in [-0.3, -0.25) is 4.79 Å². The molecule has 0 aliphatic carbocycles. The van der Waals surface area contributed by atoms with E-state index in [4.69, 9.17) is 9.47 Å². The van der Waals surface area contributed by atoms with Crippen molar-refractivity contribution in [3.63, 3.8) is 0 Å². The largest absolute Gasteiger partial charge is 0.383 e. The molecule has 0 bridgehead atoms. The third kappa shape index (κ3) is 5.09. The average molecular weight is 307 g/mol. The molecule has 1 saturated heterocycles. The van der Waals surface area contributed by atoms with E-state index in [1.54, 1.807) is 0 Å². The summed E-state index contributed by atoms with van der Waals surface area (Å²) in [5.41, 5.74) is 1.09. The highest BCUT2D eigenvalue weighted by Crippen LogP contribution is 2.15. The molecule has 0 radical (unpaired) electrons. The SMILES string of the molecule is CC(C)C[C@H](O)C(=O)N[C@@H](Cc1ccccc1)C1OCCO1. The first-order chi connectivity index (χ1) is 10.6. The second-order valence-electron chi connectivity index (χ2n) is 6.06. The number of benzene rings is 1. The quantitative estimate of drug-likeness (QED) is 0.801. The second-order valence-corrected chi connectivity index (χ2v) is 6.06. The number of hydrogen-bond acceptors (Lipinski definition) is 4. The van der Waals surface area contributed by atoms with Gasteiger partial charge in [-0.1, -0.05) is 44.2 Å². The summed E-state index contributed by atoms with van der Waals surface area (Å²) < 4.78 is 11.1. The minimum absolute atomic E-state index is 0.257. The van der Waals surface area contributed by atoms with Gasteiger partial charge < -0.3 is 19.9 Å². The maximum absolute atomic E-state index is 12.2. The van der Waals surface area contributed by atoms with Crippen molar-refractivity contribution in [1.82, 2.24) is 5.32 Å². The van der Waals surface area contributed by atoms with Crippen LogP contribution in [0.3, 0.4) is 0 Å². The van der Waals surface area contributed by atoms with E-state index < -0.39 is 12.4 Å². The summed E-state index contributed by atoms with van der Waals surface area (Å²) in [4.78, 5) is 12.2. The molecule has 1 heterocycles. The molecule has 2 N–H and O–H groups in total. The molecular formula is C17H25NO4. The number of rotatable bonds is 7. The predicted molar refractivity (Wildman–Crippen MR) is 83.2 cm³/mol. The van der Waals surface area contributed by atoms with Crippen LogP contribution in [0.25, 0.3) is 0 Å². The van der Waals surface area contributed by atoms with Crippen LogP contribution in [0, 0.1) is 5.92 Å². The lowest BCUT2D eigenvalue weighted by atomic mass is 10.0. The molecule has 1 fully saturated rings. The Morgan fingerprint density at radius 1 is 1.27 bits per heavy atom. The van der Waals surface area contributed by atoms with E-state index in [9.17, 15) is 9.90 Å². The number of nitrogens with one attached hydrogen (secondary N) is 1. The maximum atomic E-state index is 12.2. The lowest BCUT2D eigenvalue weighted by Gasteiger charge is -2.25. The number of aliphatic hydroxyl groups excluding tert-OH is 1. The van der Waals surface area contributed by atoms with Gasteiger partial charge in [0.05, 0.1) is 19.3 Å². The lowest BCUT2D eigenvalue weighted by molar-refractivity contribution is -0.135. The summed E-state index contributed by atoms with van der Waals surface area (Å²) in [7, 11) is 0. The molecular weight excluding hydrogens is 282 g/mol. The van der Waals surface area contributed by atoms with E-state index in [-0.39, 0.29) is 17.9 Å². The molecule has 1 aliphatic heterocycles. The van der Waals surface area contributed by atoms with Gasteiger partial charge in [0.2, 0.25) is 5.91 Å². The molecule has 5 heteroatoms. The van der Waals surface area contributed by atoms with Crippen LogP contribution < -0.4 is 5.32 Å². The number of ether oxygens (including phenoxy) is 2. The van der Waals surface area contributed by atoms with E-state index in [0.29, 0.717) is 26.1 Å². The van der Waals surface area contributed by atoms with Gasteiger partial charge in [0.1, 0.15) is 6.10 Å². The van der Waals surface area contributed by atoms with Gasteiger partial charge in [-0.05, 0) is 24.3 Å². The number of amides is 1. The molecule has 122 valence electrons. The van der Waals surface area contributed by atoms with Crippen molar-refractivity contribution in [2.75, 3.05) is 13.2 Å². The van der Waals surface area contributed by atoms with Crippen molar-refractivity contribution >= 4 is 5.91 Å². The molecule has 0 unspecified atom stereocenters. The fraction of sp³-hybridized carbons (Fsp3) is 0.588. The summed E-state index contributed by atoms with van der Waals surface area (Å²) in [5.74, 6) is -0.110. The van der Waals surface area contributed by atoms with Gasteiger partial charge >= 0.3 is 0 Å². The Balaban J connectivity index is 1.99. The number of carbonyl (C=O) groups excluding carboxylic acids is 1. The molecule has 1 aromatic carbocycles. The molecule has 22 heavy (non-hydrogen) atoms. The minimum Gasteiger partial charge on any atom is -0.383 e. The third-order valence-corrected chi connectivity index (χ3v) is 3.60. The first-order valence-electron chi connectivity index (χ1n) is 7.82. The Bertz CT molecular complexity index is 457. The minimum atomic E-state index is -1.00. The molecule has 0 saturated carbocycles. The van der Waals surface area contributed by atoms with Crippen LogP contribution >= 0.6 is 0 Å². The first kappa shape index (κ1) is 16.9. The van der Waals surface area contributed by atoms with Crippen LogP contribution in [0.15, 0.2) is 30.3 Å². The zero-order valence-corrected chi connectivity index (χ0v) is 13.2. The van der Waals surface area contributed by atoms with Gasteiger partial charge in [0.25, 0.3) is 0 Å². The monoisotopic (exact) mass is 307 g/mol. The molecule has 0 spiro atoms. The van der Waals surface area contributed by atoms with Crippen molar-refractivity contribution < 1.29 is 19.4 Å². The van der Waals surface area contributed by atoms with E-state index in [1.165, 1.54) is 0 Å². The van der Waals surface area contributed by atoms with Gasteiger partial charge in [-0.25, -0.2) is 0 Å². The molecule has 2 rings (SSSR count). The van der Waals surface area contributed by atoms with Crippen LogP contribution in [0.1, 0.15) is 25.8 Å². The predicted octanol–water partition coefficient (Wildman–Crippen LogP) is 1.49. The Kier molecular flexibility index (Phi) is 6.36. The van der Waals surface area contributed by atoms with Gasteiger partial charge in [-0.15, -0.1) is 0 Å². The molecule has 1 aromatic rings. The van der Waals surface area contributed by atoms with E-state index in [0.717, 1.165) is 5.56 Å². The Morgan fingerprint density at radius 2 is 1.91 bits per heavy atom. The van der Waals surface area contributed by atoms with Crippen LogP contribution in [0.2, 0.25) is 0 Å². The summed E-state index contributed by atoms with van der Waals surface area (Å²) in [5, 5.41) is 12.8. The standard InChI is InChI=1S/C17H25NO4/c1-12(2)10-15(19)16(20)18-14(17-21-8-9-22-17)11-13-6-4-3-5-7-13/h3-7,12,14-15,17,19H,8-11H2,1-2H3,(H,18,20)/t14-,15-/m0/s1. The fourth-order valence-electron chi connectivity index (χ4n) is 2.52. The zero-order chi connectivity index (χ0) is 15.9. The van der Waals surface area contributed by atoms with Crippen molar-refractivity contribution in [2.45, 2.75) is 45.1 Å². The zero-order valence-electron chi connectivity index (χ0n) is 13.2. The molecule has 2 atom stereocenters. The van der Waals surface area contributed by atoms with Gasteiger partial charge in [-0.2, -0.15) is 0 Å². The molecule has 0 aromatic heterocycles. The summed E-state index contributed by atoms with van der Waals surface area (Å²) in [6.45, 7) is 5.00. The van der Waals surface area contributed by atoms with Crippen LogP contribution in [0.5, 0.6) is 0 Å². The number of aliphatic hydroxyl groups is 1. The van der Waals surface area contributed by atoms with Crippen molar-refractivity contribution in [3.8, 4) is 0 Å². The van der Waals surface area contributed by atoms with Crippen molar-refractivity contribution in [2.24, 2.45) is 5.92 Å². The van der Waals surface area contributed by atoms with Crippen molar-refractivity contribution in [1.29, 1.82) is 0 Å².